The number of halogens is 1. The third kappa shape index (κ3) is 3.54. The molecule has 2 heterocycles. The molecule has 2 aromatic rings. The van der Waals surface area contributed by atoms with Gasteiger partial charge in [-0.05, 0) is 29.8 Å². The first-order chi connectivity index (χ1) is 14.0. The molecule has 7 nitrogen and oxygen atoms in total. The van der Waals surface area contributed by atoms with Gasteiger partial charge in [0, 0.05) is 30.2 Å². The van der Waals surface area contributed by atoms with Crippen LogP contribution in [-0.4, -0.2) is 28.3 Å². The van der Waals surface area contributed by atoms with Crippen LogP contribution in [0.3, 0.4) is 0 Å². The average molecular weight is 410 g/mol. The first kappa shape index (κ1) is 19.0. The van der Waals surface area contributed by atoms with Crippen molar-refractivity contribution in [3.8, 4) is 6.07 Å². The number of benzene rings is 2. The van der Waals surface area contributed by atoms with E-state index < -0.39 is 10.8 Å². The van der Waals surface area contributed by atoms with Crippen molar-refractivity contribution in [2.24, 2.45) is 0 Å². The minimum absolute atomic E-state index is 0.0609. The van der Waals surface area contributed by atoms with Gasteiger partial charge in [-0.1, -0.05) is 23.9 Å². The van der Waals surface area contributed by atoms with Crippen LogP contribution < -0.4 is 4.90 Å². The standard InChI is InChI=1S/C20H15FN4O3S/c21-14-4-6-15(7-5-14)23-11-24-19(26)9-17(18(10-22)20(24)29-12-23)13-2-1-3-16(8-13)25(27)28/h1-8,17H,9,11-12H2/t17-/m0/s1. The molecule has 1 atom stereocenters. The molecule has 1 amide bonds. The number of nitriles is 1. The third-order valence-electron chi connectivity index (χ3n) is 4.97. The van der Waals surface area contributed by atoms with Gasteiger partial charge >= 0.3 is 0 Å². The van der Waals surface area contributed by atoms with Crippen molar-refractivity contribution < 1.29 is 14.1 Å². The second-order valence-electron chi connectivity index (χ2n) is 6.69. The number of fused-ring (bicyclic) bond motifs is 1. The van der Waals surface area contributed by atoms with Crippen LogP contribution in [0.2, 0.25) is 0 Å². The number of nitro groups is 1. The Bertz CT molecular complexity index is 1060. The highest BCUT2D eigenvalue weighted by Gasteiger charge is 2.38. The predicted molar refractivity (Wildman–Crippen MR) is 106 cm³/mol. The molecule has 0 bridgehead atoms. The smallest absolute Gasteiger partial charge is 0.269 e. The zero-order valence-electron chi connectivity index (χ0n) is 15.1. The van der Waals surface area contributed by atoms with E-state index in [1.807, 2.05) is 4.90 Å². The van der Waals surface area contributed by atoms with Crippen LogP contribution in [-0.2, 0) is 4.79 Å². The van der Waals surface area contributed by atoms with Crippen LogP contribution in [0.1, 0.15) is 17.9 Å². The first-order valence-corrected chi connectivity index (χ1v) is 9.79. The average Bonchev–Trinajstić information content (AvgIpc) is 2.74. The quantitative estimate of drug-likeness (QED) is 0.562. The zero-order valence-corrected chi connectivity index (χ0v) is 15.9. The van der Waals surface area contributed by atoms with Gasteiger partial charge in [0.15, 0.2) is 0 Å². The highest BCUT2D eigenvalue weighted by Crippen LogP contribution is 2.43. The predicted octanol–water partition coefficient (Wildman–Crippen LogP) is 3.95. The van der Waals surface area contributed by atoms with Crippen molar-refractivity contribution >= 4 is 29.0 Å². The van der Waals surface area contributed by atoms with E-state index in [0.717, 1.165) is 5.69 Å². The Kier molecular flexibility index (Phi) is 4.94. The molecule has 0 saturated carbocycles. The molecule has 146 valence electrons. The number of rotatable bonds is 3. The highest BCUT2D eigenvalue weighted by atomic mass is 32.2. The van der Waals surface area contributed by atoms with Crippen LogP contribution in [0.15, 0.2) is 59.1 Å². The third-order valence-corrected chi connectivity index (χ3v) is 6.12. The molecule has 4 rings (SSSR count). The molecule has 29 heavy (non-hydrogen) atoms. The topological polar surface area (TPSA) is 90.5 Å². The van der Waals surface area contributed by atoms with E-state index in [1.165, 1.54) is 36.0 Å². The first-order valence-electron chi connectivity index (χ1n) is 8.80. The minimum Gasteiger partial charge on any atom is -0.344 e. The molecule has 0 spiro atoms. The fraction of sp³-hybridized carbons (Fsp3) is 0.200. The van der Waals surface area contributed by atoms with E-state index in [4.69, 9.17) is 0 Å². The van der Waals surface area contributed by atoms with Crippen molar-refractivity contribution in [1.82, 2.24) is 4.90 Å². The van der Waals surface area contributed by atoms with Gasteiger partial charge in [0.25, 0.3) is 5.69 Å². The van der Waals surface area contributed by atoms with Crippen LogP contribution in [0.5, 0.6) is 0 Å². The minimum atomic E-state index is -0.511. The number of anilines is 1. The molecule has 2 aliphatic heterocycles. The van der Waals surface area contributed by atoms with E-state index in [9.17, 15) is 24.6 Å². The Morgan fingerprint density at radius 1 is 1.24 bits per heavy atom. The van der Waals surface area contributed by atoms with Gasteiger partial charge in [0.05, 0.1) is 34.1 Å². The summed E-state index contributed by atoms with van der Waals surface area (Å²) in [4.78, 5) is 27.0. The molecule has 2 aromatic carbocycles. The van der Waals surface area contributed by atoms with E-state index in [-0.39, 0.29) is 30.5 Å². The number of hydrogen-bond acceptors (Lipinski definition) is 6. The lowest BCUT2D eigenvalue weighted by Crippen LogP contribution is -2.47. The maximum Gasteiger partial charge on any atom is 0.269 e. The fourth-order valence-corrected chi connectivity index (χ4v) is 4.69. The summed E-state index contributed by atoms with van der Waals surface area (Å²) in [5.74, 6) is -0.504. The van der Waals surface area contributed by atoms with Crippen molar-refractivity contribution in [2.75, 3.05) is 17.4 Å². The number of hydrogen-bond donors (Lipinski definition) is 0. The Labute approximate surface area is 170 Å². The van der Waals surface area contributed by atoms with Crippen LogP contribution in [0.4, 0.5) is 15.8 Å². The maximum atomic E-state index is 13.2. The molecule has 2 aliphatic rings. The summed E-state index contributed by atoms with van der Waals surface area (Å²) >= 11 is 1.36. The summed E-state index contributed by atoms with van der Waals surface area (Å²) in [7, 11) is 0. The SMILES string of the molecule is N#CC1=C2SCN(c3ccc(F)cc3)CN2C(=O)C[C@H]1c1cccc([N+](=O)[O-])c1. The number of carbonyl (C=O) groups excluding carboxylic acids is 1. The lowest BCUT2D eigenvalue weighted by molar-refractivity contribution is -0.384. The molecule has 1 fully saturated rings. The summed E-state index contributed by atoms with van der Waals surface area (Å²) in [5, 5.41) is 21.5. The molecule has 0 N–H and O–H groups in total. The highest BCUT2D eigenvalue weighted by molar-refractivity contribution is 8.03. The molecular formula is C20H15FN4O3S. The lowest BCUT2D eigenvalue weighted by atomic mass is 9.86. The number of thioether (sulfide) groups is 1. The number of carbonyl (C=O) groups is 1. The molecule has 0 aliphatic carbocycles. The fourth-order valence-electron chi connectivity index (χ4n) is 3.52. The summed E-state index contributed by atoms with van der Waals surface area (Å²) in [6, 6.07) is 14.3. The van der Waals surface area contributed by atoms with E-state index in [0.29, 0.717) is 22.0 Å². The van der Waals surface area contributed by atoms with Crippen molar-refractivity contribution in [1.29, 1.82) is 5.26 Å². The Balaban J connectivity index is 1.67. The van der Waals surface area contributed by atoms with E-state index >= 15 is 0 Å². The molecule has 0 aromatic heterocycles. The van der Waals surface area contributed by atoms with Gasteiger partial charge in [0.2, 0.25) is 5.91 Å². The second-order valence-corrected chi connectivity index (χ2v) is 7.63. The molecular weight excluding hydrogens is 395 g/mol. The normalized spacial score (nSPS) is 19.0. The van der Waals surface area contributed by atoms with Gasteiger partial charge < -0.3 is 4.90 Å². The van der Waals surface area contributed by atoms with Gasteiger partial charge in [-0.25, -0.2) is 4.39 Å². The lowest BCUT2D eigenvalue weighted by Gasteiger charge is -2.42. The van der Waals surface area contributed by atoms with Crippen LogP contribution >= 0.6 is 11.8 Å². The zero-order chi connectivity index (χ0) is 20.5. The van der Waals surface area contributed by atoms with Crippen molar-refractivity contribution in [3.63, 3.8) is 0 Å². The molecule has 9 heteroatoms. The van der Waals surface area contributed by atoms with Crippen LogP contribution in [0.25, 0.3) is 0 Å². The van der Waals surface area contributed by atoms with E-state index in [2.05, 4.69) is 6.07 Å². The van der Waals surface area contributed by atoms with Gasteiger partial charge in [-0.3, -0.25) is 19.8 Å². The number of amides is 1. The Morgan fingerprint density at radius 3 is 2.69 bits per heavy atom. The van der Waals surface area contributed by atoms with Crippen molar-refractivity contribution in [3.05, 3.63) is 80.6 Å². The van der Waals surface area contributed by atoms with E-state index in [1.54, 1.807) is 29.2 Å². The number of non-ortho nitro benzene ring substituents is 1. The molecule has 0 unspecified atom stereocenters. The number of allylic oxidation sites excluding steroid dienone is 1. The van der Waals surface area contributed by atoms with Gasteiger partial charge in [0.1, 0.15) is 5.82 Å². The summed E-state index contributed by atoms with van der Waals surface area (Å²) in [6.07, 6.45) is 0.0609. The second kappa shape index (κ2) is 7.56. The van der Waals surface area contributed by atoms with Crippen molar-refractivity contribution in [2.45, 2.75) is 12.3 Å². The summed E-state index contributed by atoms with van der Waals surface area (Å²) < 4.78 is 13.2. The number of nitro benzene ring substituents is 1. The molecule has 1 saturated heterocycles. The Morgan fingerprint density at radius 2 is 2.00 bits per heavy atom. The van der Waals surface area contributed by atoms with Crippen LogP contribution in [0, 0.1) is 27.3 Å². The van der Waals surface area contributed by atoms with Gasteiger partial charge in [-0.2, -0.15) is 5.26 Å². The largest absolute Gasteiger partial charge is 0.344 e. The summed E-state index contributed by atoms with van der Waals surface area (Å²) in [5.41, 5.74) is 1.73. The van der Waals surface area contributed by atoms with Gasteiger partial charge in [-0.15, -0.1) is 0 Å². The monoisotopic (exact) mass is 410 g/mol. The summed E-state index contributed by atoms with van der Waals surface area (Å²) in [6.45, 7) is 0.264. The maximum absolute atomic E-state index is 13.2. The number of nitrogens with zero attached hydrogens (tertiary/aromatic N) is 4. The molecule has 0 radical (unpaired) electrons. The Hall–Kier alpha value is -3.38.